The normalized spacial score (nSPS) is 25.3. The molecule has 4 heteroatoms. The summed E-state index contributed by atoms with van der Waals surface area (Å²) in [7, 11) is 0. The van der Waals surface area contributed by atoms with Gasteiger partial charge < -0.3 is 10.4 Å². The van der Waals surface area contributed by atoms with Gasteiger partial charge >= 0.3 is 0 Å². The predicted molar refractivity (Wildman–Crippen MR) is 80.8 cm³/mol. The lowest BCUT2D eigenvalue weighted by molar-refractivity contribution is 0.163. The van der Waals surface area contributed by atoms with Gasteiger partial charge in [0.05, 0.1) is 6.10 Å². The highest BCUT2D eigenvalue weighted by Crippen LogP contribution is 2.27. The number of halogens is 2. The third-order valence-corrected chi connectivity index (χ3v) is 4.51. The van der Waals surface area contributed by atoms with Crippen molar-refractivity contribution in [3.05, 3.63) is 33.8 Å². The molecule has 1 saturated carbocycles. The Morgan fingerprint density at radius 1 is 1.26 bits per heavy atom. The Labute approximate surface area is 125 Å². The smallest absolute Gasteiger partial charge is 0.0929 e. The molecule has 1 aliphatic carbocycles. The molecule has 0 radical (unpaired) electrons. The number of nitrogens with one attached hydrogen (secondary N) is 1. The van der Waals surface area contributed by atoms with Crippen molar-refractivity contribution in [2.45, 2.75) is 44.8 Å². The highest BCUT2D eigenvalue weighted by Gasteiger charge is 2.19. The van der Waals surface area contributed by atoms with Gasteiger partial charge in [-0.05, 0) is 49.8 Å². The van der Waals surface area contributed by atoms with Gasteiger partial charge in [0.25, 0.3) is 0 Å². The molecule has 106 valence electrons. The molecule has 1 aliphatic rings. The number of aliphatic hydroxyl groups is 1. The fourth-order valence-corrected chi connectivity index (χ4v) is 3.05. The molecule has 1 aromatic rings. The molecule has 0 saturated heterocycles. The summed E-state index contributed by atoms with van der Waals surface area (Å²) < 4.78 is 0. The Hall–Kier alpha value is -0.280. The average Bonchev–Trinajstić information content (AvgIpc) is 2.40. The van der Waals surface area contributed by atoms with Crippen LogP contribution >= 0.6 is 23.2 Å². The van der Waals surface area contributed by atoms with Crippen LogP contribution in [0.25, 0.3) is 0 Å². The maximum atomic E-state index is 10.2. The van der Waals surface area contributed by atoms with Gasteiger partial charge in [-0.2, -0.15) is 0 Å². The number of hydrogen-bond acceptors (Lipinski definition) is 2. The second kappa shape index (κ2) is 6.94. The summed E-state index contributed by atoms with van der Waals surface area (Å²) in [4.78, 5) is 0. The van der Waals surface area contributed by atoms with E-state index in [9.17, 15) is 5.11 Å². The molecule has 1 atom stereocenters. The minimum Gasteiger partial charge on any atom is -0.387 e. The van der Waals surface area contributed by atoms with E-state index in [-0.39, 0.29) is 0 Å². The number of hydrogen-bond donors (Lipinski definition) is 2. The first-order valence-corrected chi connectivity index (χ1v) is 7.68. The van der Waals surface area contributed by atoms with E-state index >= 15 is 0 Å². The minimum atomic E-state index is -0.606. The third kappa shape index (κ3) is 4.35. The molecule has 0 aliphatic heterocycles. The van der Waals surface area contributed by atoms with Gasteiger partial charge in [0.15, 0.2) is 0 Å². The summed E-state index contributed by atoms with van der Waals surface area (Å²) in [6.45, 7) is 2.83. The lowest BCUT2D eigenvalue weighted by Crippen LogP contribution is -2.35. The topological polar surface area (TPSA) is 32.3 Å². The largest absolute Gasteiger partial charge is 0.387 e. The standard InChI is InChI=1S/C15H21Cl2NO/c1-10-2-5-12(6-3-10)18-9-15(19)13-8-11(16)4-7-14(13)17/h4,7-8,10,12,15,18-19H,2-3,5-6,9H2,1H3. The molecule has 2 N–H and O–H groups in total. The van der Waals surface area contributed by atoms with Crippen LogP contribution in [0.15, 0.2) is 18.2 Å². The molecule has 1 unspecified atom stereocenters. The van der Waals surface area contributed by atoms with Gasteiger partial charge in [-0.3, -0.25) is 0 Å². The molecule has 0 amide bonds. The van der Waals surface area contributed by atoms with Gasteiger partial charge in [-0.15, -0.1) is 0 Å². The van der Waals surface area contributed by atoms with E-state index in [1.165, 1.54) is 25.7 Å². The molecule has 2 rings (SSSR count). The molecular formula is C15H21Cl2NO. The zero-order valence-corrected chi connectivity index (χ0v) is 12.7. The van der Waals surface area contributed by atoms with Crippen molar-refractivity contribution in [1.82, 2.24) is 5.32 Å². The number of benzene rings is 1. The SMILES string of the molecule is CC1CCC(NCC(O)c2cc(Cl)ccc2Cl)CC1. The molecule has 0 spiro atoms. The number of rotatable bonds is 4. The molecule has 0 bridgehead atoms. The third-order valence-electron chi connectivity index (χ3n) is 3.93. The van der Waals surface area contributed by atoms with E-state index in [2.05, 4.69) is 12.2 Å². The van der Waals surface area contributed by atoms with Crippen molar-refractivity contribution in [3.8, 4) is 0 Å². The van der Waals surface area contributed by atoms with E-state index < -0.39 is 6.10 Å². The van der Waals surface area contributed by atoms with Gasteiger partial charge in [-0.25, -0.2) is 0 Å². The lowest BCUT2D eigenvalue weighted by atomic mass is 9.87. The second-order valence-electron chi connectivity index (χ2n) is 5.55. The Morgan fingerprint density at radius 3 is 2.63 bits per heavy atom. The van der Waals surface area contributed by atoms with E-state index in [1.807, 2.05) is 0 Å². The maximum absolute atomic E-state index is 10.2. The highest BCUT2D eigenvalue weighted by atomic mass is 35.5. The van der Waals surface area contributed by atoms with Crippen LogP contribution in [0.1, 0.15) is 44.3 Å². The second-order valence-corrected chi connectivity index (χ2v) is 6.39. The van der Waals surface area contributed by atoms with Gasteiger partial charge in [0.2, 0.25) is 0 Å². The molecule has 0 aromatic heterocycles. The molecule has 0 heterocycles. The molecule has 1 fully saturated rings. The summed E-state index contributed by atoms with van der Waals surface area (Å²) in [6, 6.07) is 5.71. The highest BCUT2D eigenvalue weighted by molar-refractivity contribution is 6.33. The molecule has 2 nitrogen and oxygen atoms in total. The van der Waals surface area contributed by atoms with Gasteiger partial charge in [0, 0.05) is 28.2 Å². The van der Waals surface area contributed by atoms with Crippen molar-refractivity contribution < 1.29 is 5.11 Å². The Kier molecular flexibility index (Phi) is 5.52. The summed E-state index contributed by atoms with van der Waals surface area (Å²) in [6.07, 6.45) is 4.32. The van der Waals surface area contributed by atoms with Crippen LogP contribution in [0.4, 0.5) is 0 Å². The first kappa shape index (κ1) is 15.1. The van der Waals surface area contributed by atoms with Crippen molar-refractivity contribution in [3.63, 3.8) is 0 Å². The lowest BCUT2D eigenvalue weighted by Gasteiger charge is -2.28. The molecule has 1 aromatic carbocycles. The zero-order chi connectivity index (χ0) is 13.8. The predicted octanol–water partition coefficient (Wildman–Crippen LogP) is 4.20. The Balaban J connectivity index is 1.87. The average molecular weight is 302 g/mol. The van der Waals surface area contributed by atoms with Gasteiger partial charge in [0.1, 0.15) is 0 Å². The zero-order valence-electron chi connectivity index (χ0n) is 11.2. The molecule has 19 heavy (non-hydrogen) atoms. The van der Waals surface area contributed by atoms with Crippen molar-refractivity contribution in [2.24, 2.45) is 5.92 Å². The van der Waals surface area contributed by atoms with Crippen LogP contribution in [-0.2, 0) is 0 Å². The first-order valence-electron chi connectivity index (χ1n) is 6.92. The van der Waals surface area contributed by atoms with Crippen LogP contribution < -0.4 is 5.32 Å². The summed E-state index contributed by atoms with van der Waals surface area (Å²) in [5, 5.41) is 14.8. The maximum Gasteiger partial charge on any atom is 0.0929 e. The van der Waals surface area contributed by atoms with Crippen LogP contribution in [0.5, 0.6) is 0 Å². The summed E-state index contributed by atoms with van der Waals surface area (Å²) in [5.41, 5.74) is 0.700. The fraction of sp³-hybridized carbons (Fsp3) is 0.600. The molecular weight excluding hydrogens is 281 g/mol. The van der Waals surface area contributed by atoms with Crippen LogP contribution in [-0.4, -0.2) is 17.7 Å². The number of aliphatic hydroxyl groups excluding tert-OH is 1. The Bertz CT molecular complexity index is 417. The minimum absolute atomic E-state index is 0.517. The van der Waals surface area contributed by atoms with Crippen molar-refractivity contribution >= 4 is 23.2 Å². The van der Waals surface area contributed by atoms with E-state index in [0.717, 1.165) is 5.92 Å². The monoisotopic (exact) mass is 301 g/mol. The summed E-state index contributed by atoms with van der Waals surface area (Å²) >= 11 is 12.0. The van der Waals surface area contributed by atoms with Crippen LogP contribution in [0.2, 0.25) is 10.0 Å². The Morgan fingerprint density at radius 2 is 1.95 bits per heavy atom. The fourth-order valence-electron chi connectivity index (χ4n) is 2.62. The first-order chi connectivity index (χ1) is 9.06. The van der Waals surface area contributed by atoms with Crippen LogP contribution in [0, 0.1) is 5.92 Å². The summed E-state index contributed by atoms with van der Waals surface area (Å²) in [5.74, 6) is 0.838. The quantitative estimate of drug-likeness (QED) is 0.874. The van der Waals surface area contributed by atoms with Crippen LogP contribution in [0.3, 0.4) is 0 Å². The van der Waals surface area contributed by atoms with Crippen molar-refractivity contribution in [1.29, 1.82) is 0 Å². The van der Waals surface area contributed by atoms with E-state index in [4.69, 9.17) is 23.2 Å². The van der Waals surface area contributed by atoms with E-state index in [0.29, 0.717) is 28.2 Å². The van der Waals surface area contributed by atoms with Crippen molar-refractivity contribution in [2.75, 3.05) is 6.54 Å². The van der Waals surface area contributed by atoms with E-state index in [1.54, 1.807) is 18.2 Å². The van der Waals surface area contributed by atoms with Gasteiger partial charge in [-0.1, -0.05) is 30.1 Å².